The summed E-state index contributed by atoms with van der Waals surface area (Å²) in [5.74, 6) is 0.123. The molecule has 4 nitrogen and oxygen atoms in total. The van der Waals surface area contributed by atoms with Crippen LogP contribution in [0.25, 0.3) is 27.8 Å². The lowest BCUT2D eigenvalue weighted by atomic mass is 10.1. The largest absolute Gasteiger partial charge is 0.506 e. The number of halogens is 1. The van der Waals surface area contributed by atoms with Gasteiger partial charge in [0.25, 0.3) is 0 Å². The van der Waals surface area contributed by atoms with Gasteiger partial charge in [-0.1, -0.05) is 48.0 Å². The fourth-order valence-electron chi connectivity index (χ4n) is 2.50. The molecule has 112 valence electrons. The van der Waals surface area contributed by atoms with Crippen molar-refractivity contribution in [1.82, 2.24) is 15.0 Å². The van der Waals surface area contributed by atoms with Crippen molar-refractivity contribution < 1.29 is 5.11 Å². The molecule has 0 aliphatic carbocycles. The van der Waals surface area contributed by atoms with Gasteiger partial charge >= 0.3 is 0 Å². The fraction of sp³-hybridized carbons (Fsp3) is 0. The van der Waals surface area contributed by atoms with Crippen LogP contribution in [0.4, 0.5) is 0 Å². The molecule has 1 N–H and O–H groups in total. The quantitative estimate of drug-likeness (QED) is 0.593. The molecule has 0 fully saturated rings. The number of aromatic nitrogens is 3. The van der Waals surface area contributed by atoms with Gasteiger partial charge < -0.3 is 5.11 Å². The molecule has 0 atom stereocenters. The minimum Gasteiger partial charge on any atom is -0.506 e. The number of rotatable bonds is 2. The number of aromatic hydroxyl groups is 1. The van der Waals surface area contributed by atoms with Crippen molar-refractivity contribution in [2.75, 3.05) is 0 Å². The Morgan fingerprint density at radius 3 is 2.35 bits per heavy atom. The first-order valence-electron chi connectivity index (χ1n) is 7.12. The van der Waals surface area contributed by atoms with E-state index in [-0.39, 0.29) is 5.75 Å². The van der Waals surface area contributed by atoms with Gasteiger partial charge in [0.2, 0.25) is 0 Å². The Balaban J connectivity index is 1.79. The van der Waals surface area contributed by atoms with E-state index in [0.717, 1.165) is 16.6 Å². The van der Waals surface area contributed by atoms with E-state index in [2.05, 4.69) is 10.2 Å². The second-order valence-electron chi connectivity index (χ2n) is 5.19. The maximum absolute atomic E-state index is 10.4. The number of fused-ring (bicyclic) bond motifs is 1. The lowest BCUT2D eigenvalue weighted by molar-refractivity contribution is 0.468. The summed E-state index contributed by atoms with van der Waals surface area (Å²) < 4.78 is 0. The molecule has 0 aliphatic heterocycles. The first kappa shape index (κ1) is 13.8. The average molecular weight is 322 g/mol. The minimum atomic E-state index is 0.123. The van der Waals surface area contributed by atoms with Crippen LogP contribution in [0.3, 0.4) is 0 Å². The Bertz CT molecular complexity index is 996. The van der Waals surface area contributed by atoms with Gasteiger partial charge in [-0.05, 0) is 41.5 Å². The summed E-state index contributed by atoms with van der Waals surface area (Å²) in [7, 11) is 0. The molecule has 0 bridgehead atoms. The first-order chi connectivity index (χ1) is 11.2. The maximum Gasteiger partial charge on any atom is 0.143 e. The van der Waals surface area contributed by atoms with Gasteiger partial charge in [0.1, 0.15) is 22.5 Å². The van der Waals surface area contributed by atoms with Crippen LogP contribution in [-0.2, 0) is 0 Å². The van der Waals surface area contributed by atoms with Crippen LogP contribution in [-0.4, -0.2) is 20.1 Å². The van der Waals surface area contributed by atoms with Crippen molar-refractivity contribution in [2.45, 2.75) is 0 Å². The molecule has 4 aromatic rings. The molecule has 0 spiro atoms. The zero-order valence-electron chi connectivity index (χ0n) is 12.0. The number of hydrogen-bond donors (Lipinski definition) is 1. The number of hydrogen-bond acceptors (Lipinski definition) is 3. The summed E-state index contributed by atoms with van der Waals surface area (Å²) in [6.07, 6.45) is 0. The van der Waals surface area contributed by atoms with Crippen LogP contribution >= 0.6 is 11.6 Å². The van der Waals surface area contributed by atoms with Crippen LogP contribution < -0.4 is 0 Å². The number of phenols is 1. The molecule has 4 rings (SSSR count). The number of phenolic OH excluding ortho intramolecular Hbond substituents is 1. The van der Waals surface area contributed by atoms with E-state index >= 15 is 0 Å². The summed E-state index contributed by atoms with van der Waals surface area (Å²) in [5, 5.41) is 19.7. The Morgan fingerprint density at radius 1 is 0.783 bits per heavy atom. The molecule has 1 aromatic heterocycles. The normalized spacial score (nSPS) is 11.0. The van der Waals surface area contributed by atoms with Crippen LogP contribution in [0.15, 0.2) is 66.7 Å². The summed E-state index contributed by atoms with van der Waals surface area (Å²) >= 11 is 5.97. The highest BCUT2D eigenvalue weighted by Crippen LogP contribution is 2.28. The lowest BCUT2D eigenvalue weighted by Crippen LogP contribution is -1.99. The molecule has 0 aliphatic rings. The molecule has 0 radical (unpaired) electrons. The summed E-state index contributed by atoms with van der Waals surface area (Å²) in [6.45, 7) is 0. The van der Waals surface area contributed by atoms with Crippen LogP contribution in [0.5, 0.6) is 5.75 Å². The number of benzene rings is 3. The van der Waals surface area contributed by atoms with Crippen LogP contribution in [0.2, 0.25) is 5.02 Å². The highest BCUT2D eigenvalue weighted by Gasteiger charge is 2.10. The Hall–Kier alpha value is -2.85. The minimum absolute atomic E-state index is 0.123. The fourth-order valence-corrected chi connectivity index (χ4v) is 2.66. The van der Waals surface area contributed by atoms with Crippen molar-refractivity contribution in [3.63, 3.8) is 0 Å². The van der Waals surface area contributed by atoms with Crippen LogP contribution in [0, 0.1) is 0 Å². The van der Waals surface area contributed by atoms with E-state index in [4.69, 9.17) is 11.6 Å². The number of nitrogens with zero attached hydrogens (tertiary/aromatic N) is 3. The molecule has 0 saturated heterocycles. The Morgan fingerprint density at radius 2 is 1.57 bits per heavy atom. The third-order valence-corrected chi connectivity index (χ3v) is 3.88. The standard InChI is InChI=1S/C18H12ClN3O/c19-14-7-8-15-16(11-14)21-22(20-15)17-9-6-13(10-18(17)23)12-4-2-1-3-5-12/h1-11,23H. The van der Waals surface area contributed by atoms with Gasteiger partial charge in [0, 0.05) is 5.02 Å². The topological polar surface area (TPSA) is 50.9 Å². The highest BCUT2D eigenvalue weighted by molar-refractivity contribution is 6.31. The third kappa shape index (κ3) is 2.53. The third-order valence-electron chi connectivity index (χ3n) is 3.64. The smallest absolute Gasteiger partial charge is 0.143 e. The predicted molar refractivity (Wildman–Crippen MR) is 91.0 cm³/mol. The van der Waals surface area contributed by atoms with Gasteiger partial charge in [-0.3, -0.25) is 0 Å². The molecule has 1 heterocycles. The van der Waals surface area contributed by atoms with Gasteiger partial charge in [-0.2, -0.15) is 0 Å². The summed E-state index contributed by atoms with van der Waals surface area (Å²) in [6, 6.07) is 20.6. The summed E-state index contributed by atoms with van der Waals surface area (Å²) in [4.78, 5) is 1.42. The van der Waals surface area contributed by atoms with E-state index in [1.54, 1.807) is 30.3 Å². The van der Waals surface area contributed by atoms with E-state index in [1.165, 1.54) is 4.80 Å². The molecule has 5 heteroatoms. The van der Waals surface area contributed by atoms with Crippen molar-refractivity contribution >= 4 is 22.6 Å². The second kappa shape index (κ2) is 5.41. The zero-order valence-corrected chi connectivity index (χ0v) is 12.8. The predicted octanol–water partition coefficient (Wildman–Crippen LogP) is 4.45. The summed E-state index contributed by atoms with van der Waals surface area (Å²) in [5.41, 5.74) is 3.91. The molecule has 0 amide bonds. The molecular formula is C18H12ClN3O. The average Bonchev–Trinajstić information content (AvgIpc) is 2.98. The molecule has 3 aromatic carbocycles. The second-order valence-corrected chi connectivity index (χ2v) is 5.63. The van der Waals surface area contributed by atoms with Crippen LogP contribution in [0.1, 0.15) is 0 Å². The molecular weight excluding hydrogens is 310 g/mol. The van der Waals surface area contributed by atoms with E-state index in [1.807, 2.05) is 36.4 Å². The zero-order chi connectivity index (χ0) is 15.8. The van der Waals surface area contributed by atoms with Crippen molar-refractivity contribution in [3.8, 4) is 22.6 Å². The maximum atomic E-state index is 10.4. The van der Waals surface area contributed by atoms with E-state index < -0.39 is 0 Å². The van der Waals surface area contributed by atoms with E-state index in [0.29, 0.717) is 16.2 Å². The van der Waals surface area contributed by atoms with Crippen molar-refractivity contribution in [2.24, 2.45) is 0 Å². The Kier molecular flexibility index (Phi) is 3.24. The van der Waals surface area contributed by atoms with Gasteiger partial charge in [-0.15, -0.1) is 15.0 Å². The Labute approximate surface area is 137 Å². The van der Waals surface area contributed by atoms with Gasteiger partial charge in [-0.25, -0.2) is 0 Å². The lowest BCUT2D eigenvalue weighted by Gasteiger charge is -2.06. The van der Waals surface area contributed by atoms with Gasteiger partial charge in [0.15, 0.2) is 0 Å². The highest BCUT2D eigenvalue weighted by atomic mass is 35.5. The van der Waals surface area contributed by atoms with Gasteiger partial charge in [0.05, 0.1) is 0 Å². The van der Waals surface area contributed by atoms with Crippen molar-refractivity contribution in [3.05, 3.63) is 71.8 Å². The molecule has 0 saturated carbocycles. The van der Waals surface area contributed by atoms with E-state index in [9.17, 15) is 5.11 Å². The first-order valence-corrected chi connectivity index (χ1v) is 7.50. The molecule has 0 unspecified atom stereocenters. The van der Waals surface area contributed by atoms with Crippen molar-refractivity contribution in [1.29, 1.82) is 0 Å². The SMILES string of the molecule is Oc1cc(-c2ccccc2)ccc1-n1nc2ccc(Cl)cc2n1. The monoisotopic (exact) mass is 321 g/mol. The molecule has 23 heavy (non-hydrogen) atoms.